The summed E-state index contributed by atoms with van der Waals surface area (Å²) in [5.74, 6) is -2.07. The lowest BCUT2D eigenvalue weighted by Gasteiger charge is -2.11. The summed E-state index contributed by atoms with van der Waals surface area (Å²) in [5, 5.41) is 11.3. The lowest BCUT2D eigenvalue weighted by Crippen LogP contribution is -2.36. The van der Waals surface area contributed by atoms with E-state index in [1.807, 2.05) is 13.8 Å². The van der Waals surface area contributed by atoms with Gasteiger partial charge in [-0.25, -0.2) is 0 Å². The molecule has 16 heavy (non-hydrogen) atoms. The smallest absolute Gasteiger partial charge is 0.307 e. The van der Waals surface area contributed by atoms with E-state index in [0.717, 1.165) is 6.42 Å². The molecule has 0 aromatic heterocycles. The van der Waals surface area contributed by atoms with Crippen molar-refractivity contribution in [1.29, 1.82) is 0 Å². The van der Waals surface area contributed by atoms with Gasteiger partial charge in [0, 0.05) is 22.6 Å². The molecule has 3 unspecified atom stereocenters. The number of carboxylic acid groups (broad SMARTS) is 1. The highest BCUT2D eigenvalue weighted by Gasteiger charge is 2.17. The van der Waals surface area contributed by atoms with Crippen LogP contribution in [0, 0.1) is 5.92 Å². The third-order valence-corrected chi connectivity index (χ3v) is 3.63. The van der Waals surface area contributed by atoms with Crippen LogP contribution in [0.2, 0.25) is 0 Å². The molecular weight excluding hydrogens is 230 g/mol. The summed E-state index contributed by atoms with van der Waals surface area (Å²) < 4.78 is 11.4. The molecule has 0 fully saturated rings. The van der Waals surface area contributed by atoms with Crippen LogP contribution in [0.1, 0.15) is 27.2 Å². The van der Waals surface area contributed by atoms with Crippen LogP contribution in [0.15, 0.2) is 0 Å². The molecule has 0 aliphatic carbocycles. The second-order valence-electron chi connectivity index (χ2n) is 3.87. The normalized spacial score (nSPS) is 16.2. The topological polar surface area (TPSA) is 83.5 Å². The van der Waals surface area contributed by atoms with Crippen LogP contribution in [0.3, 0.4) is 0 Å². The molecular formula is C10H19NO4S. The molecule has 0 aromatic carbocycles. The van der Waals surface area contributed by atoms with E-state index >= 15 is 0 Å². The first-order valence-corrected chi connectivity index (χ1v) is 6.72. The summed E-state index contributed by atoms with van der Waals surface area (Å²) in [4.78, 5) is 21.8. The molecule has 0 radical (unpaired) electrons. The van der Waals surface area contributed by atoms with E-state index in [2.05, 4.69) is 5.32 Å². The molecule has 5 nitrogen and oxygen atoms in total. The van der Waals surface area contributed by atoms with Gasteiger partial charge in [0.05, 0.1) is 5.92 Å². The van der Waals surface area contributed by atoms with Crippen LogP contribution < -0.4 is 5.32 Å². The van der Waals surface area contributed by atoms with Crippen molar-refractivity contribution >= 4 is 22.7 Å². The van der Waals surface area contributed by atoms with Crippen molar-refractivity contribution in [2.45, 2.75) is 33.2 Å². The first-order valence-electron chi connectivity index (χ1n) is 5.24. The fourth-order valence-electron chi connectivity index (χ4n) is 0.974. The number of carbonyl (C=O) groups is 2. The molecule has 6 heteroatoms. The average molecular weight is 249 g/mol. The van der Waals surface area contributed by atoms with Gasteiger partial charge < -0.3 is 10.4 Å². The van der Waals surface area contributed by atoms with E-state index in [1.54, 1.807) is 0 Å². The lowest BCUT2D eigenvalue weighted by atomic mass is 10.2. The predicted octanol–water partition coefficient (Wildman–Crippen LogP) is 0.370. The second-order valence-corrected chi connectivity index (χ2v) is 5.37. The van der Waals surface area contributed by atoms with Gasteiger partial charge in [-0.3, -0.25) is 13.8 Å². The van der Waals surface area contributed by atoms with Gasteiger partial charge in [0.2, 0.25) is 5.91 Å². The molecule has 0 aliphatic heterocycles. The molecule has 2 N–H and O–H groups in total. The fraction of sp³-hybridized carbons (Fsp3) is 0.800. The van der Waals surface area contributed by atoms with Crippen LogP contribution in [0.5, 0.6) is 0 Å². The molecule has 0 aliphatic rings. The maximum Gasteiger partial charge on any atom is 0.307 e. The zero-order chi connectivity index (χ0) is 12.7. The van der Waals surface area contributed by atoms with Gasteiger partial charge in [-0.05, 0) is 13.3 Å². The molecule has 3 atom stereocenters. The summed E-state index contributed by atoms with van der Waals surface area (Å²) in [6.07, 6.45) is 0.809. The Labute approximate surface area is 98.1 Å². The Morgan fingerprint density at radius 1 is 1.38 bits per heavy atom. The van der Waals surface area contributed by atoms with E-state index in [-0.39, 0.29) is 23.5 Å². The van der Waals surface area contributed by atoms with Gasteiger partial charge in [-0.15, -0.1) is 0 Å². The van der Waals surface area contributed by atoms with Gasteiger partial charge in [0.25, 0.3) is 0 Å². The maximum absolute atomic E-state index is 11.4. The van der Waals surface area contributed by atoms with Crippen molar-refractivity contribution in [2.75, 3.05) is 11.5 Å². The average Bonchev–Trinajstić information content (AvgIpc) is 2.16. The number of hydrogen-bond donors (Lipinski definition) is 2. The molecule has 0 spiro atoms. The Morgan fingerprint density at radius 3 is 2.38 bits per heavy atom. The summed E-state index contributed by atoms with van der Waals surface area (Å²) >= 11 is 0. The van der Waals surface area contributed by atoms with Crippen molar-refractivity contribution in [3.63, 3.8) is 0 Å². The van der Waals surface area contributed by atoms with Gasteiger partial charge in [-0.1, -0.05) is 13.8 Å². The summed E-state index contributed by atoms with van der Waals surface area (Å²) in [7, 11) is -1.41. The molecule has 0 rings (SSSR count). The van der Waals surface area contributed by atoms with Crippen molar-refractivity contribution in [3.8, 4) is 0 Å². The Bertz CT molecular complexity index is 280. The Morgan fingerprint density at radius 2 is 1.94 bits per heavy atom. The monoisotopic (exact) mass is 249 g/mol. The lowest BCUT2D eigenvalue weighted by molar-refractivity contribution is -0.140. The first kappa shape index (κ1) is 15.1. The number of aliphatic carboxylic acids is 1. The summed E-state index contributed by atoms with van der Waals surface area (Å²) in [6, 6.07) is 0.0568. The minimum Gasteiger partial charge on any atom is -0.481 e. The van der Waals surface area contributed by atoms with Crippen molar-refractivity contribution < 1.29 is 18.9 Å². The number of carbonyl (C=O) groups excluding carboxylic acids is 1. The number of amides is 1. The molecule has 0 heterocycles. The quantitative estimate of drug-likeness (QED) is 0.683. The second kappa shape index (κ2) is 7.38. The highest BCUT2D eigenvalue weighted by atomic mass is 32.2. The molecule has 0 saturated carbocycles. The third kappa shape index (κ3) is 6.55. The van der Waals surface area contributed by atoms with Crippen LogP contribution in [-0.2, 0) is 20.4 Å². The van der Waals surface area contributed by atoms with Crippen LogP contribution in [0.4, 0.5) is 0 Å². The maximum atomic E-state index is 11.4. The molecule has 1 amide bonds. The Kier molecular flexibility index (Phi) is 6.96. The highest BCUT2D eigenvalue weighted by Crippen LogP contribution is 1.99. The third-order valence-electron chi connectivity index (χ3n) is 2.17. The van der Waals surface area contributed by atoms with Crippen LogP contribution in [0.25, 0.3) is 0 Å². The van der Waals surface area contributed by atoms with E-state index in [0.29, 0.717) is 0 Å². The standard InChI is InChI=1S/C10H19NO4S/c1-4-8(3)11-9(12)6-16(15)5-7(2)10(13)14/h7-8H,4-6H2,1-3H3,(H,11,12)(H,13,14). The Balaban J connectivity index is 3.96. The number of carboxylic acids is 1. The minimum atomic E-state index is -1.41. The molecule has 0 bridgehead atoms. The van der Waals surface area contributed by atoms with Crippen LogP contribution in [-0.4, -0.2) is 38.7 Å². The van der Waals surface area contributed by atoms with Gasteiger partial charge in [-0.2, -0.15) is 0 Å². The van der Waals surface area contributed by atoms with Gasteiger partial charge >= 0.3 is 5.97 Å². The van der Waals surface area contributed by atoms with Gasteiger partial charge in [0.1, 0.15) is 5.75 Å². The molecule has 94 valence electrons. The van der Waals surface area contributed by atoms with E-state index in [4.69, 9.17) is 5.11 Å². The Hall–Kier alpha value is -0.910. The molecule has 0 aromatic rings. The zero-order valence-electron chi connectivity index (χ0n) is 9.86. The van der Waals surface area contributed by atoms with Crippen molar-refractivity contribution in [3.05, 3.63) is 0 Å². The summed E-state index contributed by atoms with van der Waals surface area (Å²) in [6.45, 7) is 5.28. The highest BCUT2D eigenvalue weighted by molar-refractivity contribution is 7.85. The SMILES string of the molecule is CCC(C)NC(=O)CS(=O)CC(C)C(=O)O. The van der Waals surface area contributed by atoms with Gasteiger partial charge in [0.15, 0.2) is 0 Å². The molecule has 0 saturated heterocycles. The zero-order valence-corrected chi connectivity index (χ0v) is 10.7. The largest absolute Gasteiger partial charge is 0.481 e. The van der Waals surface area contributed by atoms with Crippen molar-refractivity contribution in [2.24, 2.45) is 5.92 Å². The predicted molar refractivity (Wildman–Crippen MR) is 62.6 cm³/mol. The number of rotatable bonds is 7. The fourth-order valence-corrected chi connectivity index (χ4v) is 2.17. The van der Waals surface area contributed by atoms with E-state index in [1.165, 1.54) is 6.92 Å². The number of hydrogen-bond acceptors (Lipinski definition) is 3. The number of nitrogens with one attached hydrogen (secondary N) is 1. The van der Waals surface area contributed by atoms with Crippen LogP contribution >= 0.6 is 0 Å². The minimum absolute atomic E-state index is 0.0171. The van der Waals surface area contributed by atoms with E-state index in [9.17, 15) is 13.8 Å². The summed E-state index contributed by atoms with van der Waals surface area (Å²) in [5.41, 5.74) is 0. The first-order chi connectivity index (χ1) is 7.36. The van der Waals surface area contributed by atoms with Crippen molar-refractivity contribution in [1.82, 2.24) is 5.32 Å². The van der Waals surface area contributed by atoms with E-state index < -0.39 is 22.7 Å².